The molecule has 1 aromatic carbocycles. The second-order valence-electron chi connectivity index (χ2n) is 7.68. The molecular formula is C23H29N4OS+. The van der Waals surface area contributed by atoms with Crippen molar-refractivity contribution in [3.05, 3.63) is 70.0 Å². The molecule has 4 rings (SSSR count). The molecule has 1 aliphatic rings. The molecule has 3 aromatic rings. The number of anilines is 1. The highest BCUT2D eigenvalue weighted by atomic mass is 32.1. The summed E-state index contributed by atoms with van der Waals surface area (Å²) < 4.78 is 1.99. The highest BCUT2D eigenvalue weighted by Crippen LogP contribution is 2.31. The van der Waals surface area contributed by atoms with Crippen LogP contribution in [-0.2, 0) is 11.2 Å². The molecule has 1 amide bonds. The first kappa shape index (κ1) is 19.9. The number of carbonyl (C=O) groups excluding carboxylic acids is 1. The van der Waals surface area contributed by atoms with Gasteiger partial charge in [-0.05, 0) is 36.3 Å². The number of nitrogens with one attached hydrogen (secondary N) is 1. The molecule has 2 aromatic heterocycles. The van der Waals surface area contributed by atoms with E-state index < -0.39 is 0 Å². The van der Waals surface area contributed by atoms with Crippen molar-refractivity contribution in [2.24, 2.45) is 0 Å². The minimum atomic E-state index is 0.0106. The van der Waals surface area contributed by atoms with Gasteiger partial charge < -0.3 is 10.6 Å². The van der Waals surface area contributed by atoms with Crippen molar-refractivity contribution in [3.8, 4) is 0 Å². The zero-order chi connectivity index (χ0) is 20.1. The molecule has 0 radical (unpaired) electrons. The van der Waals surface area contributed by atoms with E-state index in [4.69, 9.17) is 0 Å². The van der Waals surface area contributed by atoms with Crippen LogP contribution in [0.5, 0.6) is 0 Å². The summed E-state index contributed by atoms with van der Waals surface area (Å²) in [4.78, 5) is 14.0. The van der Waals surface area contributed by atoms with Gasteiger partial charge in [0.05, 0.1) is 17.1 Å². The number of quaternary nitrogens is 1. The Morgan fingerprint density at radius 3 is 2.72 bits per heavy atom. The van der Waals surface area contributed by atoms with Gasteiger partial charge >= 0.3 is 0 Å². The van der Waals surface area contributed by atoms with Gasteiger partial charge in [-0.3, -0.25) is 4.79 Å². The van der Waals surface area contributed by atoms with Crippen molar-refractivity contribution in [2.75, 3.05) is 11.9 Å². The third-order valence-electron chi connectivity index (χ3n) is 5.74. The lowest BCUT2D eigenvalue weighted by atomic mass is 10.0. The van der Waals surface area contributed by atoms with E-state index in [1.54, 1.807) is 17.5 Å². The van der Waals surface area contributed by atoms with Gasteiger partial charge in [0.15, 0.2) is 6.54 Å². The van der Waals surface area contributed by atoms with Crippen LogP contribution < -0.4 is 10.6 Å². The first-order chi connectivity index (χ1) is 14.2. The number of nitrogens with zero attached hydrogens (tertiary/aromatic N) is 2. The van der Waals surface area contributed by atoms with Crippen molar-refractivity contribution in [1.82, 2.24) is 9.78 Å². The van der Waals surface area contributed by atoms with Crippen LogP contribution in [0.15, 0.2) is 54.0 Å². The fraction of sp³-hybridized carbons (Fsp3) is 0.391. The molecule has 3 N–H and O–H groups in total. The fourth-order valence-electron chi connectivity index (χ4n) is 4.12. The molecule has 1 aliphatic carbocycles. The summed E-state index contributed by atoms with van der Waals surface area (Å²) in [5.74, 6) is 0.826. The first-order valence-electron chi connectivity index (χ1n) is 10.5. The number of benzene rings is 1. The first-order valence-corrected chi connectivity index (χ1v) is 11.4. The van der Waals surface area contributed by atoms with Crippen molar-refractivity contribution in [3.63, 3.8) is 0 Å². The van der Waals surface area contributed by atoms with E-state index in [1.807, 2.05) is 10.7 Å². The SMILES string of the molecule is CCc1ccc([C@H]([NH2+]CC(=O)Nc2ccnn2C2CCCC2)c2cccs2)cc1. The van der Waals surface area contributed by atoms with Crippen molar-refractivity contribution in [2.45, 2.75) is 51.1 Å². The summed E-state index contributed by atoms with van der Waals surface area (Å²) in [6.45, 7) is 2.53. The number of aryl methyl sites for hydroxylation is 1. The summed E-state index contributed by atoms with van der Waals surface area (Å²) in [5.41, 5.74) is 2.56. The Balaban J connectivity index is 1.42. The molecule has 1 fully saturated rings. The average molecular weight is 410 g/mol. The minimum absolute atomic E-state index is 0.0106. The van der Waals surface area contributed by atoms with Gasteiger partial charge in [-0.15, -0.1) is 11.3 Å². The summed E-state index contributed by atoms with van der Waals surface area (Å²) in [5, 5.41) is 11.7. The largest absolute Gasteiger partial charge is 0.328 e. The minimum Gasteiger partial charge on any atom is -0.328 e. The summed E-state index contributed by atoms with van der Waals surface area (Å²) in [7, 11) is 0. The van der Waals surface area contributed by atoms with E-state index in [9.17, 15) is 4.79 Å². The van der Waals surface area contributed by atoms with Crippen LogP contribution in [-0.4, -0.2) is 22.2 Å². The molecule has 0 spiro atoms. The molecule has 29 heavy (non-hydrogen) atoms. The number of thiophene rings is 1. The lowest BCUT2D eigenvalue weighted by molar-refractivity contribution is -0.675. The Morgan fingerprint density at radius 1 is 1.24 bits per heavy atom. The number of aromatic nitrogens is 2. The number of amides is 1. The number of carbonyl (C=O) groups is 1. The summed E-state index contributed by atoms with van der Waals surface area (Å²) >= 11 is 1.74. The molecule has 0 bridgehead atoms. The van der Waals surface area contributed by atoms with E-state index in [0.717, 1.165) is 25.1 Å². The molecule has 5 nitrogen and oxygen atoms in total. The predicted molar refractivity (Wildman–Crippen MR) is 117 cm³/mol. The Bertz CT molecular complexity index is 911. The van der Waals surface area contributed by atoms with Gasteiger partial charge in [0.25, 0.3) is 5.91 Å². The van der Waals surface area contributed by atoms with Gasteiger partial charge in [-0.1, -0.05) is 50.1 Å². The monoisotopic (exact) mass is 409 g/mol. The van der Waals surface area contributed by atoms with E-state index in [-0.39, 0.29) is 11.9 Å². The lowest BCUT2D eigenvalue weighted by Crippen LogP contribution is -2.87. The highest BCUT2D eigenvalue weighted by Gasteiger charge is 2.23. The quantitative estimate of drug-likeness (QED) is 0.592. The highest BCUT2D eigenvalue weighted by molar-refractivity contribution is 7.10. The van der Waals surface area contributed by atoms with Crippen LogP contribution in [0.3, 0.4) is 0 Å². The average Bonchev–Trinajstić information content (AvgIpc) is 3.51. The number of hydrogen-bond acceptors (Lipinski definition) is 3. The van der Waals surface area contributed by atoms with Crippen molar-refractivity contribution < 1.29 is 10.1 Å². The lowest BCUT2D eigenvalue weighted by Gasteiger charge is -2.17. The molecule has 2 heterocycles. The maximum Gasteiger partial charge on any atom is 0.280 e. The van der Waals surface area contributed by atoms with Gasteiger partial charge in [-0.25, -0.2) is 4.68 Å². The van der Waals surface area contributed by atoms with E-state index >= 15 is 0 Å². The third-order valence-corrected chi connectivity index (χ3v) is 6.70. The van der Waals surface area contributed by atoms with Crippen LogP contribution in [0, 0.1) is 0 Å². The molecule has 0 saturated heterocycles. The summed E-state index contributed by atoms with van der Waals surface area (Å²) in [6.07, 6.45) is 7.58. The molecule has 1 atom stereocenters. The van der Waals surface area contributed by atoms with Gasteiger partial charge in [0.2, 0.25) is 0 Å². The van der Waals surface area contributed by atoms with Crippen LogP contribution >= 0.6 is 11.3 Å². The Morgan fingerprint density at radius 2 is 2.03 bits per heavy atom. The number of nitrogens with two attached hydrogens (primary N) is 1. The third kappa shape index (κ3) is 4.77. The zero-order valence-corrected chi connectivity index (χ0v) is 17.7. The van der Waals surface area contributed by atoms with Crippen LogP contribution in [0.25, 0.3) is 0 Å². The zero-order valence-electron chi connectivity index (χ0n) is 16.9. The molecule has 6 heteroatoms. The molecule has 0 aliphatic heterocycles. The van der Waals surface area contributed by atoms with E-state index in [0.29, 0.717) is 12.6 Å². The van der Waals surface area contributed by atoms with Crippen LogP contribution in [0.4, 0.5) is 5.82 Å². The van der Waals surface area contributed by atoms with E-state index in [1.165, 1.54) is 28.8 Å². The maximum absolute atomic E-state index is 12.7. The van der Waals surface area contributed by atoms with Crippen molar-refractivity contribution in [1.29, 1.82) is 0 Å². The number of rotatable bonds is 8. The Hall–Kier alpha value is -2.44. The Kier molecular flexibility index (Phi) is 6.42. The van der Waals surface area contributed by atoms with Gasteiger partial charge in [0, 0.05) is 11.6 Å². The smallest absolute Gasteiger partial charge is 0.280 e. The molecule has 152 valence electrons. The second-order valence-corrected chi connectivity index (χ2v) is 8.65. The van der Waals surface area contributed by atoms with Crippen molar-refractivity contribution >= 4 is 23.1 Å². The molecular weight excluding hydrogens is 380 g/mol. The normalized spacial score (nSPS) is 15.5. The summed E-state index contributed by atoms with van der Waals surface area (Å²) in [6, 6.07) is 15.4. The number of hydrogen-bond donors (Lipinski definition) is 2. The maximum atomic E-state index is 12.7. The second kappa shape index (κ2) is 9.37. The van der Waals surface area contributed by atoms with Gasteiger partial charge in [-0.2, -0.15) is 5.10 Å². The van der Waals surface area contributed by atoms with Gasteiger partial charge in [0.1, 0.15) is 11.9 Å². The Labute approximate surface area is 176 Å². The topological polar surface area (TPSA) is 63.5 Å². The molecule has 1 saturated carbocycles. The van der Waals surface area contributed by atoms with E-state index in [2.05, 4.69) is 64.4 Å². The molecule has 0 unspecified atom stereocenters. The fourth-order valence-corrected chi connectivity index (χ4v) is 4.97. The standard InChI is InChI=1S/C23H28N4OS/c1-2-17-9-11-18(12-10-17)23(20-8-5-15-29-20)24-16-22(28)26-21-13-14-25-27(21)19-6-3-4-7-19/h5,8-15,19,23-24H,2-4,6-7,16H2,1H3,(H,26,28)/p+1/t23-/m0/s1. The predicted octanol–water partition coefficient (Wildman–Crippen LogP) is 3.91. The van der Waals surface area contributed by atoms with Crippen LogP contribution in [0.1, 0.15) is 60.7 Å². The van der Waals surface area contributed by atoms with Crippen LogP contribution in [0.2, 0.25) is 0 Å².